The van der Waals surface area contributed by atoms with Crippen molar-refractivity contribution in [3.05, 3.63) is 30.1 Å². The number of nitrogens with zero attached hydrogens (tertiary/aromatic N) is 1. The molecule has 1 fully saturated rings. The van der Waals surface area contributed by atoms with Crippen molar-refractivity contribution < 1.29 is 0 Å². The van der Waals surface area contributed by atoms with E-state index in [1.165, 1.54) is 18.6 Å². The molecule has 0 radical (unpaired) electrons. The summed E-state index contributed by atoms with van der Waals surface area (Å²) in [5.74, 6) is 1.26. The fraction of sp³-hybridized carbons (Fsp3) is 0.583. The molecule has 1 aromatic heterocycles. The van der Waals surface area contributed by atoms with Crippen molar-refractivity contribution in [2.75, 3.05) is 5.75 Å². The van der Waals surface area contributed by atoms with Crippen molar-refractivity contribution in [1.29, 1.82) is 0 Å². The fourth-order valence-corrected chi connectivity index (χ4v) is 3.39. The predicted molar refractivity (Wildman–Crippen MR) is 66.0 cm³/mol. The molecule has 15 heavy (non-hydrogen) atoms. The Morgan fingerprint density at radius 2 is 2.47 bits per heavy atom. The van der Waals surface area contributed by atoms with Gasteiger partial charge in [0.2, 0.25) is 0 Å². The minimum Gasteiger partial charge on any atom is -0.326 e. The molecule has 1 saturated heterocycles. The molecule has 0 saturated carbocycles. The smallest absolute Gasteiger partial charge is 0.0419 e. The van der Waals surface area contributed by atoms with E-state index in [-0.39, 0.29) is 10.8 Å². The number of pyridine rings is 1. The normalized spacial score (nSPS) is 27.9. The van der Waals surface area contributed by atoms with Gasteiger partial charge in [-0.1, -0.05) is 6.07 Å². The van der Waals surface area contributed by atoms with Gasteiger partial charge in [0, 0.05) is 29.1 Å². The van der Waals surface area contributed by atoms with Gasteiger partial charge in [-0.05, 0) is 37.7 Å². The van der Waals surface area contributed by atoms with E-state index in [9.17, 15) is 0 Å². The van der Waals surface area contributed by atoms with Crippen LogP contribution in [0.15, 0.2) is 24.4 Å². The first kappa shape index (κ1) is 11.0. The van der Waals surface area contributed by atoms with E-state index in [2.05, 4.69) is 18.0 Å². The lowest BCUT2D eigenvalue weighted by molar-refractivity contribution is 0.479. The van der Waals surface area contributed by atoms with Crippen molar-refractivity contribution in [3.63, 3.8) is 0 Å². The Labute approximate surface area is 95.7 Å². The van der Waals surface area contributed by atoms with Crippen LogP contribution in [0, 0.1) is 0 Å². The largest absolute Gasteiger partial charge is 0.326 e. The van der Waals surface area contributed by atoms with E-state index in [0.717, 1.165) is 12.1 Å². The van der Waals surface area contributed by atoms with E-state index in [1.54, 1.807) is 0 Å². The predicted octanol–water partition coefficient (Wildman–Crippen LogP) is 2.24. The summed E-state index contributed by atoms with van der Waals surface area (Å²) >= 11 is 2.02. The molecule has 0 bridgehead atoms. The monoisotopic (exact) mass is 222 g/mol. The highest BCUT2D eigenvalue weighted by Gasteiger charge is 2.35. The molecule has 82 valence electrons. The highest BCUT2D eigenvalue weighted by Crippen LogP contribution is 2.40. The molecule has 1 aromatic rings. The SMILES string of the molecule is CC1(C(N)Cc2ccccn2)CCCS1. The summed E-state index contributed by atoms with van der Waals surface area (Å²) in [6.45, 7) is 2.29. The van der Waals surface area contributed by atoms with Crippen molar-refractivity contribution in [2.45, 2.75) is 37.0 Å². The van der Waals surface area contributed by atoms with Crippen molar-refractivity contribution in [3.8, 4) is 0 Å². The van der Waals surface area contributed by atoms with E-state index in [0.29, 0.717) is 0 Å². The van der Waals surface area contributed by atoms with Gasteiger partial charge in [-0.15, -0.1) is 0 Å². The zero-order valence-corrected chi connectivity index (χ0v) is 9.96. The minimum absolute atomic E-state index is 0.222. The molecule has 1 aliphatic heterocycles. The first-order valence-corrected chi connectivity index (χ1v) is 6.49. The maximum Gasteiger partial charge on any atom is 0.0419 e. The van der Waals surface area contributed by atoms with Crippen LogP contribution in [0.4, 0.5) is 0 Å². The van der Waals surface area contributed by atoms with Crippen LogP contribution >= 0.6 is 11.8 Å². The molecule has 2 atom stereocenters. The topological polar surface area (TPSA) is 38.9 Å². The van der Waals surface area contributed by atoms with E-state index in [1.807, 2.05) is 30.1 Å². The zero-order valence-electron chi connectivity index (χ0n) is 9.15. The quantitative estimate of drug-likeness (QED) is 0.852. The number of hydrogen-bond acceptors (Lipinski definition) is 3. The first-order chi connectivity index (χ1) is 7.21. The number of nitrogens with two attached hydrogens (primary N) is 1. The second kappa shape index (κ2) is 4.54. The molecule has 2 heterocycles. The van der Waals surface area contributed by atoms with Crippen molar-refractivity contribution in [2.24, 2.45) is 5.73 Å². The molecule has 0 amide bonds. The summed E-state index contributed by atoms with van der Waals surface area (Å²) in [4.78, 5) is 4.33. The van der Waals surface area contributed by atoms with Gasteiger partial charge < -0.3 is 5.73 Å². The van der Waals surface area contributed by atoms with Crippen LogP contribution in [0.2, 0.25) is 0 Å². The molecule has 3 heteroatoms. The molecule has 2 N–H and O–H groups in total. The lowest BCUT2D eigenvalue weighted by Gasteiger charge is -2.30. The Bertz CT molecular complexity index is 307. The maximum atomic E-state index is 6.28. The standard InChI is InChI=1S/C12H18N2S/c1-12(6-4-8-15-12)11(13)9-10-5-2-3-7-14-10/h2-3,5,7,11H,4,6,8-9,13H2,1H3. The van der Waals surface area contributed by atoms with Gasteiger partial charge in [0.25, 0.3) is 0 Å². The molecule has 0 aromatic carbocycles. The Hall–Kier alpha value is -0.540. The van der Waals surface area contributed by atoms with Gasteiger partial charge >= 0.3 is 0 Å². The Morgan fingerprint density at radius 3 is 3.07 bits per heavy atom. The van der Waals surface area contributed by atoms with E-state index >= 15 is 0 Å². The number of hydrogen-bond donors (Lipinski definition) is 1. The second-order valence-corrected chi connectivity index (χ2v) is 6.03. The van der Waals surface area contributed by atoms with Crippen LogP contribution in [0.5, 0.6) is 0 Å². The van der Waals surface area contributed by atoms with E-state index in [4.69, 9.17) is 5.73 Å². The Balaban J connectivity index is 2.00. The summed E-state index contributed by atoms with van der Waals surface area (Å²) in [5.41, 5.74) is 7.39. The van der Waals surface area contributed by atoms with Gasteiger partial charge in [0.05, 0.1) is 0 Å². The van der Waals surface area contributed by atoms with E-state index < -0.39 is 0 Å². The summed E-state index contributed by atoms with van der Waals surface area (Å²) in [6, 6.07) is 6.25. The molecule has 2 rings (SSSR count). The minimum atomic E-state index is 0.222. The van der Waals surface area contributed by atoms with Crippen LogP contribution in [0.1, 0.15) is 25.5 Å². The molecular weight excluding hydrogens is 204 g/mol. The maximum absolute atomic E-state index is 6.28. The summed E-state index contributed by atoms with van der Waals surface area (Å²) in [5, 5.41) is 0. The highest BCUT2D eigenvalue weighted by molar-refractivity contribution is 8.00. The van der Waals surface area contributed by atoms with Gasteiger partial charge in [0.15, 0.2) is 0 Å². The van der Waals surface area contributed by atoms with Crippen LogP contribution < -0.4 is 5.73 Å². The van der Waals surface area contributed by atoms with Gasteiger partial charge in [-0.25, -0.2) is 0 Å². The summed E-state index contributed by atoms with van der Waals surface area (Å²) in [7, 11) is 0. The summed E-state index contributed by atoms with van der Waals surface area (Å²) < 4.78 is 0.261. The molecule has 0 aliphatic carbocycles. The van der Waals surface area contributed by atoms with Gasteiger partial charge in [0.1, 0.15) is 0 Å². The van der Waals surface area contributed by atoms with Gasteiger partial charge in [-0.2, -0.15) is 11.8 Å². The van der Waals surface area contributed by atoms with Crippen LogP contribution in [-0.4, -0.2) is 21.5 Å². The number of thioether (sulfide) groups is 1. The lowest BCUT2D eigenvalue weighted by Crippen LogP contribution is -2.42. The van der Waals surface area contributed by atoms with Crippen LogP contribution in [0.25, 0.3) is 0 Å². The number of aromatic nitrogens is 1. The van der Waals surface area contributed by atoms with Gasteiger partial charge in [-0.3, -0.25) is 4.98 Å². The Morgan fingerprint density at radius 1 is 1.60 bits per heavy atom. The molecule has 2 nitrogen and oxygen atoms in total. The third-order valence-electron chi connectivity index (χ3n) is 3.19. The highest BCUT2D eigenvalue weighted by atomic mass is 32.2. The third kappa shape index (κ3) is 2.52. The number of rotatable bonds is 3. The summed E-state index contributed by atoms with van der Waals surface area (Å²) in [6.07, 6.45) is 5.28. The van der Waals surface area contributed by atoms with Crippen molar-refractivity contribution in [1.82, 2.24) is 4.98 Å². The third-order valence-corrected chi connectivity index (χ3v) is 4.85. The first-order valence-electron chi connectivity index (χ1n) is 5.50. The Kier molecular flexibility index (Phi) is 3.32. The lowest BCUT2D eigenvalue weighted by atomic mass is 9.93. The zero-order chi connectivity index (χ0) is 10.7. The average molecular weight is 222 g/mol. The molecule has 2 unspecified atom stereocenters. The fourth-order valence-electron chi connectivity index (χ4n) is 2.05. The van der Waals surface area contributed by atoms with Crippen molar-refractivity contribution >= 4 is 11.8 Å². The molecular formula is C12H18N2S. The second-order valence-electron chi connectivity index (χ2n) is 4.40. The van der Waals surface area contributed by atoms with Crippen LogP contribution in [0.3, 0.4) is 0 Å². The van der Waals surface area contributed by atoms with Crippen LogP contribution in [-0.2, 0) is 6.42 Å². The molecule has 1 aliphatic rings. The average Bonchev–Trinajstić information content (AvgIpc) is 2.68. The molecule has 0 spiro atoms.